The minimum atomic E-state index is -0.316. The van der Waals surface area contributed by atoms with Crippen LogP contribution in [0.3, 0.4) is 0 Å². The molecule has 216 valence electrons. The van der Waals surface area contributed by atoms with Crippen molar-refractivity contribution in [3.63, 3.8) is 0 Å². The van der Waals surface area contributed by atoms with E-state index in [0.29, 0.717) is 46.6 Å². The highest BCUT2D eigenvalue weighted by atomic mass is 35.5. The van der Waals surface area contributed by atoms with E-state index in [2.05, 4.69) is 11.8 Å². The summed E-state index contributed by atoms with van der Waals surface area (Å²) in [5.41, 5.74) is 0.0949. The molecule has 1 spiro atoms. The fourth-order valence-corrected chi connectivity index (χ4v) is 8.10. The number of halogens is 2. The zero-order valence-electron chi connectivity index (χ0n) is 23.5. The van der Waals surface area contributed by atoms with E-state index in [1.54, 1.807) is 18.2 Å². The van der Waals surface area contributed by atoms with Crippen molar-refractivity contribution in [1.82, 2.24) is 14.7 Å². The third-order valence-corrected chi connectivity index (χ3v) is 10.6. The Labute approximate surface area is 244 Å². The van der Waals surface area contributed by atoms with Crippen molar-refractivity contribution in [3.8, 4) is 0 Å². The molecule has 3 aliphatic heterocycles. The van der Waals surface area contributed by atoms with Crippen LogP contribution < -0.4 is 0 Å². The largest absolute Gasteiger partial charge is 0.442 e. The van der Waals surface area contributed by atoms with Crippen LogP contribution in [0.2, 0.25) is 10.0 Å². The smallest absolute Gasteiger partial charge is 0.410 e. The number of amides is 2. The number of benzene rings is 1. The predicted octanol–water partition coefficient (Wildman–Crippen LogP) is 7.27. The van der Waals surface area contributed by atoms with Gasteiger partial charge in [0.25, 0.3) is 5.91 Å². The van der Waals surface area contributed by atoms with E-state index in [9.17, 15) is 9.59 Å². The van der Waals surface area contributed by atoms with E-state index in [4.69, 9.17) is 27.9 Å². The molecule has 4 fully saturated rings. The van der Waals surface area contributed by atoms with Crippen LogP contribution in [0, 0.1) is 11.8 Å². The Morgan fingerprint density at radius 2 is 1.67 bits per heavy atom. The number of hydrogen-bond donors (Lipinski definition) is 0. The molecule has 39 heavy (non-hydrogen) atoms. The first-order chi connectivity index (χ1) is 18.9. The molecule has 1 aromatic rings. The summed E-state index contributed by atoms with van der Waals surface area (Å²) in [5, 5.41) is 0.820. The van der Waals surface area contributed by atoms with E-state index in [1.807, 2.05) is 9.80 Å². The van der Waals surface area contributed by atoms with Crippen LogP contribution in [0.25, 0.3) is 0 Å². The van der Waals surface area contributed by atoms with E-state index >= 15 is 0 Å². The normalized spacial score (nSPS) is 25.2. The summed E-state index contributed by atoms with van der Waals surface area (Å²) < 4.78 is 6.42. The quantitative estimate of drug-likeness (QED) is 0.342. The summed E-state index contributed by atoms with van der Waals surface area (Å²) in [6.45, 7) is 7.30. The summed E-state index contributed by atoms with van der Waals surface area (Å²) >= 11 is 12.6. The van der Waals surface area contributed by atoms with Gasteiger partial charge in [-0.05, 0) is 50.2 Å². The standard InChI is InChI=1S/C31H45Cl2N3O3/c1-2-3-10-24-22-36(21-23-8-5-4-6-9-23)30(38)39-31(24)15-19-34(20-16-31)25-13-17-35(18-14-25)29(37)28-26(32)11-7-12-27(28)33/h7,11-12,23-25H,2-6,8-10,13-22H2,1H3. The monoisotopic (exact) mass is 577 g/mol. The number of carbonyl (C=O) groups excluding carboxylic acids is 2. The molecule has 0 N–H and O–H groups in total. The maximum absolute atomic E-state index is 13.2. The number of nitrogens with zero attached hydrogens (tertiary/aromatic N) is 3. The number of rotatable bonds is 7. The van der Waals surface area contributed by atoms with Crippen LogP contribution in [0.5, 0.6) is 0 Å². The van der Waals surface area contributed by atoms with Gasteiger partial charge in [-0.15, -0.1) is 0 Å². The fraction of sp³-hybridized carbons (Fsp3) is 0.742. The number of ether oxygens (including phenoxy) is 1. The van der Waals surface area contributed by atoms with Gasteiger partial charge in [-0.25, -0.2) is 4.79 Å². The Morgan fingerprint density at radius 1 is 1.00 bits per heavy atom. The van der Waals surface area contributed by atoms with Gasteiger partial charge in [-0.3, -0.25) is 9.69 Å². The summed E-state index contributed by atoms with van der Waals surface area (Å²) in [6.07, 6.45) is 13.6. The lowest BCUT2D eigenvalue weighted by Gasteiger charge is -2.52. The van der Waals surface area contributed by atoms with Gasteiger partial charge >= 0.3 is 6.09 Å². The second kappa shape index (κ2) is 13.0. The van der Waals surface area contributed by atoms with Crippen molar-refractivity contribution in [2.45, 2.75) is 95.6 Å². The first kappa shape index (κ1) is 29.0. The molecule has 1 saturated carbocycles. The molecule has 1 aliphatic carbocycles. The average Bonchev–Trinajstić information content (AvgIpc) is 2.95. The minimum absolute atomic E-state index is 0.0766. The van der Waals surface area contributed by atoms with Crippen molar-refractivity contribution in [2.24, 2.45) is 11.8 Å². The van der Waals surface area contributed by atoms with E-state index in [-0.39, 0.29) is 17.6 Å². The zero-order chi connectivity index (χ0) is 27.4. The Hall–Kier alpha value is -1.50. The molecule has 8 heteroatoms. The number of likely N-dealkylation sites (tertiary alicyclic amines) is 2. The second-order valence-corrected chi connectivity index (χ2v) is 13.2. The lowest BCUT2D eigenvalue weighted by atomic mass is 9.75. The Balaban J connectivity index is 1.16. The van der Waals surface area contributed by atoms with Gasteiger partial charge in [0.1, 0.15) is 5.60 Å². The molecule has 3 saturated heterocycles. The summed E-state index contributed by atoms with van der Waals surface area (Å²) in [4.78, 5) is 32.9. The highest BCUT2D eigenvalue weighted by Gasteiger charge is 2.50. The number of unbranched alkanes of at least 4 members (excludes halogenated alkanes) is 1. The SMILES string of the molecule is CCCCC1CN(CC2CCCCC2)C(=O)OC12CCN(C1CCN(C(=O)c3c(Cl)cccc3Cl)CC1)CC2. The average molecular weight is 579 g/mol. The maximum atomic E-state index is 13.2. The van der Waals surface area contributed by atoms with Crippen molar-refractivity contribution < 1.29 is 14.3 Å². The Bertz CT molecular complexity index is 979. The maximum Gasteiger partial charge on any atom is 0.410 e. The second-order valence-electron chi connectivity index (χ2n) is 12.3. The van der Waals surface area contributed by atoms with Crippen LogP contribution in [-0.2, 0) is 4.74 Å². The van der Waals surface area contributed by atoms with Gasteiger partial charge in [0, 0.05) is 64.1 Å². The predicted molar refractivity (Wildman–Crippen MR) is 157 cm³/mol. The molecule has 4 aliphatic rings. The van der Waals surface area contributed by atoms with Crippen molar-refractivity contribution in [3.05, 3.63) is 33.8 Å². The van der Waals surface area contributed by atoms with Gasteiger partial charge in [0.05, 0.1) is 15.6 Å². The number of hydrogen-bond acceptors (Lipinski definition) is 4. The van der Waals surface area contributed by atoms with Crippen LogP contribution in [0.1, 0.15) is 94.3 Å². The Morgan fingerprint density at radius 3 is 2.31 bits per heavy atom. The lowest BCUT2D eigenvalue weighted by molar-refractivity contribution is -0.127. The molecule has 1 unspecified atom stereocenters. The van der Waals surface area contributed by atoms with E-state index < -0.39 is 0 Å². The zero-order valence-corrected chi connectivity index (χ0v) is 25.0. The first-order valence-corrected chi connectivity index (χ1v) is 16.1. The molecule has 0 aromatic heterocycles. The molecule has 3 heterocycles. The molecule has 0 bridgehead atoms. The van der Waals surface area contributed by atoms with Crippen LogP contribution >= 0.6 is 23.2 Å². The van der Waals surface area contributed by atoms with Crippen molar-refractivity contribution >= 4 is 35.2 Å². The third kappa shape index (κ3) is 6.54. The summed E-state index contributed by atoms with van der Waals surface area (Å²) in [6, 6.07) is 5.65. The highest BCUT2D eigenvalue weighted by molar-refractivity contribution is 6.39. The van der Waals surface area contributed by atoms with Gasteiger partial charge < -0.3 is 14.5 Å². The van der Waals surface area contributed by atoms with Crippen LogP contribution in [0.15, 0.2) is 18.2 Å². The summed E-state index contributed by atoms with van der Waals surface area (Å²) in [7, 11) is 0. The number of carbonyl (C=O) groups is 2. The lowest BCUT2D eigenvalue weighted by Crippen LogP contribution is -2.61. The van der Waals surface area contributed by atoms with Crippen LogP contribution in [-0.4, -0.2) is 77.6 Å². The molecule has 5 rings (SSSR count). The van der Waals surface area contributed by atoms with E-state index in [1.165, 1.54) is 44.9 Å². The van der Waals surface area contributed by atoms with Gasteiger partial charge in [0.15, 0.2) is 0 Å². The number of piperidine rings is 2. The fourth-order valence-electron chi connectivity index (χ4n) is 7.54. The molecule has 0 radical (unpaired) electrons. The van der Waals surface area contributed by atoms with Gasteiger partial charge in [0.2, 0.25) is 0 Å². The molecule has 2 amide bonds. The van der Waals surface area contributed by atoms with Crippen LogP contribution in [0.4, 0.5) is 4.79 Å². The Kier molecular flexibility index (Phi) is 9.66. The molecular weight excluding hydrogens is 533 g/mol. The van der Waals surface area contributed by atoms with E-state index in [0.717, 1.165) is 58.3 Å². The molecule has 6 nitrogen and oxygen atoms in total. The van der Waals surface area contributed by atoms with Gasteiger partial charge in [-0.2, -0.15) is 0 Å². The van der Waals surface area contributed by atoms with Crippen molar-refractivity contribution in [2.75, 3.05) is 39.3 Å². The molecule has 1 aromatic carbocycles. The first-order valence-electron chi connectivity index (χ1n) is 15.4. The molecular formula is C31H45Cl2N3O3. The minimum Gasteiger partial charge on any atom is -0.442 e. The summed E-state index contributed by atoms with van der Waals surface area (Å²) in [5.74, 6) is 0.980. The third-order valence-electron chi connectivity index (χ3n) is 9.93. The van der Waals surface area contributed by atoms with Crippen molar-refractivity contribution in [1.29, 1.82) is 0 Å². The highest BCUT2D eigenvalue weighted by Crippen LogP contribution is 2.42. The molecule has 1 atom stereocenters. The van der Waals surface area contributed by atoms with Gasteiger partial charge in [-0.1, -0.05) is 68.3 Å². The topological polar surface area (TPSA) is 53.1 Å².